The zero-order chi connectivity index (χ0) is 7.84. The molecule has 0 spiro atoms. The molecule has 11 heavy (non-hydrogen) atoms. The second kappa shape index (κ2) is 2.36. The third-order valence-electron chi connectivity index (χ3n) is 2.38. The Bertz CT molecular complexity index is 220. The first-order chi connectivity index (χ1) is 5.25. The summed E-state index contributed by atoms with van der Waals surface area (Å²) in [5.41, 5.74) is 1.32. The lowest BCUT2D eigenvalue weighted by molar-refractivity contribution is 0.173. The van der Waals surface area contributed by atoms with Crippen LogP contribution in [0.15, 0.2) is 17.1 Å². The van der Waals surface area contributed by atoms with Gasteiger partial charge in [-0.3, -0.25) is 0 Å². The highest BCUT2D eigenvalue weighted by atomic mass is 16.5. The first kappa shape index (κ1) is 6.89. The maximum absolute atomic E-state index is 5.52. The maximum atomic E-state index is 5.52. The number of aliphatic imine (C=N–C) groups is 1. The van der Waals surface area contributed by atoms with E-state index >= 15 is 0 Å². The maximum Gasteiger partial charge on any atom is 0.180 e. The van der Waals surface area contributed by atoms with Crippen molar-refractivity contribution in [2.45, 2.75) is 38.3 Å². The molecule has 2 unspecified atom stereocenters. The van der Waals surface area contributed by atoms with Gasteiger partial charge in [0.25, 0.3) is 0 Å². The number of fused-ring (bicyclic) bond motifs is 1. The Morgan fingerprint density at radius 2 is 2.45 bits per heavy atom. The number of nitrogens with zero attached hydrogens (tertiary/aromatic N) is 1. The Labute approximate surface area is 67.0 Å². The van der Waals surface area contributed by atoms with Crippen LogP contribution >= 0.6 is 0 Å². The van der Waals surface area contributed by atoms with Crippen molar-refractivity contribution in [3.05, 3.63) is 12.2 Å². The third kappa shape index (κ3) is 1.17. The molecule has 2 aliphatic rings. The van der Waals surface area contributed by atoms with E-state index in [0.29, 0.717) is 12.1 Å². The average molecular weight is 151 g/mol. The second-order valence-electron chi connectivity index (χ2n) is 3.36. The molecule has 1 aliphatic heterocycles. The molecule has 2 atom stereocenters. The van der Waals surface area contributed by atoms with Gasteiger partial charge in [-0.2, -0.15) is 0 Å². The summed E-state index contributed by atoms with van der Waals surface area (Å²) in [6.45, 7) is 5.90. The Balaban J connectivity index is 2.09. The van der Waals surface area contributed by atoms with E-state index in [1.165, 1.54) is 5.57 Å². The van der Waals surface area contributed by atoms with Crippen molar-refractivity contribution in [2.75, 3.05) is 0 Å². The van der Waals surface area contributed by atoms with Gasteiger partial charge in [0.2, 0.25) is 0 Å². The Hall–Kier alpha value is -0.790. The van der Waals surface area contributed by atoms with E-state index < -0.39 is 0 Å². The van der Waals surface area contributed by atoms with E-state index in [1.54, 1.807) is 0 Å². The fourth-order valence-corrected chi connectivity index (χ4v) is 1.81. The van der Waals surface area contributed by atoms with Crippen molar-refractivity contribution >= 4 is 5.90 Å². The van der Waals surface area contributed by atoms with E-state index in [-0.39, 0.29) is 0 Å². The largest absolute Gasteiger partial charge is 0.475 e. The van der Waals surface area contributed by atoms with Crippen molar-refractivity contribution < 1.29 is 4.74 Å². The normalized spacial score (nSPS) is 36.1. The highest BCUT2D eigenvalue weighted by molar-refractivity contribution is 5.75. The minimum atomic E-state index is 0.316. The van der Waals surface area contributed by atoms with Gasteiger partial charge in [0.15, 0.2) is 5.90 Å². The quantitative estimate of drug-likeness (QED) is 0.485. The summed E-state index contributed by atoms with van der Waals surface area (Å²) in [5, 5.41) is 0. The van der Waals surface area contributed by atoms with Gasteiger partial charge in [-0.05, 0) is 12.8 Å². The molecule has 2 rings (SSSR count). The van der Waals surface area contributed by atoms with Gasteiger partial charge in [0, 0.05) is 13.3 Å². The van der Waals surface area contributed by atoms with Gasteiger partial charge < -0.3 is 4.74 Å². The molecule has 0 saturated heterocycles. The van der Waals surface area contributed by atoms with E-state index in [0.717, 1.165) is 25.2 Å². The predicted molar refractivity (Wildman–Crippen MR) is 44.8 cm³/mol. The van der Waals surface area contributed by atoms with Crippen molar-refractivity contribution in [2.24, 2.45) is 4.99 Å². The van der Waals surface area contributed by atoms with Gasteiger partial charge in [-0.15, -0.1) is 0 Å². The lowest BCUT2D eigenvalue weighted by atomic mass is 9.90. The molecule has 0 radical (unpaired) electrons. The Morgan fingerprint density at radius 1 is 1.64 bits per heavy atom. The molecule has 0 bridgehead atoms. The average Bonchev–Trinajstić information content (AvgIpc) is 2.27. The molecule has 1 saturated carbocycles. The Kier molecular flexibility index (Phi) is 1.48. The summed E-state index contributed by atoms with van der Waals surface area (Å²) < 4.78 is 5.52. The third-order valence-corrected chi connectivity index (χ3v) is 2.38. The summed E-state index contributed by atoms with van der Waals surface area (Å²) in [6.07, 6.45) is 3.57. The van der Waals surface area contributed by atoms with Crippen LogP contribution in [0.1, 0.15) is 26.2 Å². The monoisotopic (exact) mass is 151 g/mol. The van der Waals surface area contributed by atoms with Crippen LogP contribution in [0.4, 0.5) is 0 Å². The van der Waals surface area contributed by atoms with Crippen LogP contribution in [0, 0.1) is 0 Å². The van der Waals surface area contributed by atoms with Crippen LogP contribution in [-0.2, 0) is 4.74 Å². The topological polar surface area (TPSA) is 21.6 Å². The van der Waals surface area contributed by atoms with Crippen LogP contribution in [0.2, 0.25) is 0 Å². The van der Waals surface area contributed by atoms with E-state index in [4.69, 9.17) is 4.74 Å². The fourth-order valence-electron chi connectivity index (χ4n) is 1.81. The number of rotatable bonds is 0. The van der Waals surface area contributed by atoms with Gasteiger partial charge in [-0.1, -0.05) is 12.2 Å². The number of hydrogen-bond acceptors (Lipinski definition) is 2. The van der Waals surface area contributed by atoms with Crippen LogP contribution in [0.25, 0.3) is 0 Å². The molecule has 0 aromatic rings. The van der Waals surface area contributed by atoms with Gasteiger partial charge >= 0.3 is 0 Å². The number of hydrogen-bond donors (Lipinski definition) is 0. The zero-order valence-electron chi connectivity index (χ0n) is 6.84. The van der Waals surface area contributed by atoms with Crippen molar-refractivity contribution in [3.8, 4) is 0 Å². The molecule has 2 heteroatoms. The first-order valence-electron chi connectivity index (χ1n) is 4.13. The van der Waals surface area contributed by atoms with E-state index in [2.05, 4.69) is 11.6 Å². The summed E-state index contributed by atoms with van der Waals surface area (Å²) in [6, 6.07) is 0.431. The number of ether oxygens (including phenoxy) is 1. The van der Waals surface area contributed by atoms with Crippen LogP contribution in [0.3, 0.4) is 0 Å². The van der Waals surface area contributed by atoms with Gasteiger partial charge in [0.1, 0.15) is 6.10 Å². The summed E-state index contributed by atoms with van der Waals surface area (Å²) in [4.78, 5) is 4.40. The lowest BCUT2D eigenvalue weighted by Gasteiger charge is -2.23. The standard InChI is InChI=1S/C9H13NO/c1-6-3-4-8-9(5-6)11-7(2)10-8/h8-9H,1,3-5H2,2H3. The Morgan fingerprint density at radius 3 is 3.27 bits per heavy atom. The molecule has 1 heterocycles. The van der Waals surface area contributed by atoms with E-state index in [1.807, 2.05) is 6.92 Å². The molecular formula is C9H13NO. The van der Waals surface area contributed by atoms with Crippen LogP contribution < -0.4 is 0 Å². The van der Waals surface area contributed by atoms with E-state index in [9.17, 15) is 0 Å². The van der Waals surface area contributed by atoms with Gasteiger partial charge in [0.05, 0.1) is 6.04 Å². The molecule has 0 amide bonds. The molecule has 1 fully saturated rings. The van der Waals surface area contributed by atoms with Crippen LogP contribution in [-0.4, -0.2) is 18.0 Å². The minimum absolute atomic E-state index is 0.316. The SMILES string of the molecule is C=C1CCC2N=C(C)OC2C1. The summed E-state index contributed by atoms with van der Waals surface area (Å²) in [7, 11) is 0. The van der Waals surface area contributed by atoms with Gasteiger partial charge in [-0.25, -0.2) is 4.99 Å². The molecule has 1 aliphatic carbocycles. The highest BCUT2D eigenvalue weighted by Crippen LogP contribution is 2.30. The molecule has 60 valence electrons. The molecular weight excluding hydrogens is 138 g/mol. The second-order valence-corrected chi connectivity index (χ2v) is 3.36. The zero-order valence-corrected chi connectivity index (χ0v) is 6.84. The smallest absolute Gasteiger partial charge is 0.180 e. The van der Waals surface area contributed by atoms with Crippen LogP contribution in [0.5, 0.6) is 0 Å². The summed E-state index contributed by atoms with van der Waals surface area (Å²) >= 11 is 0. The molecule has 2 nitrogen and oxygen atoms in total. The highest BCUT2D eigenvalue weighted by Gasteiger charge is 2.32. The van der Waals surface area contributed by atoms with Crippen molar-refractivity contribution in [3.63, 3.8) is 0 Å². The minimum Gasteiger partial charge on any atom is -0.475 e. The lowest BCUT2D eigenvalue weighted by Crippen LogP contribution is -2.26. The predicted octanol–water partition coefficient (Wildman–Crippen LogP) is 1.91. The summed E-state index contributed by atoms with van der Waals surface area (Å²) in [5.74, 6) is 0.856. The van der Waals surface area contributed by atoms with Crippen molar-refractivity contribution in [1.29, 1.82) is 0 Å². The molecule has 0 N–H and O–H groups in total. The molecule has 0 aromatic carbocycles. The van der Waals surface area contributed by atoms with Crippen molar-refractivity contribution in [1.82, 2.24) is 0 Å². The fraction of sp³-hybridized carbons (Fsp3) is 0.667. The first-order valence-corrected chi connectivity index (χ1v) is 4.13. The molecule has 0 aromatic heterocycles.